The number of benzene rings is 2. The van der Waals surface area contributed by atoms with E-state index in [1.54, 1.807) is 13.3 Å². The first-order valence-corrected chi connectivity index (χ1v) is 9.78. The summed E-state index contributed by atoms with van der Waals surface area (Å²) in [5, 5.41) is 7.02. The van der Waals surface area contributed by atoms with Crippen molar-refractivity contribution >= 4 is 22.7 Å². The zero-order valence-electron chi connectivity index (χ0n) is 16.2. The van der Waals surface area contributed by atoms with Gasteiger partial charge in [-0.15, -0.1) is 11.3 Å². The van der Waals surface area contributed by atoms with Gasteiger partial charge in [0.25, 0.3) is 0 Å². The van der Waals surface area contributed by atoms with Crippen LogP contribution in [0.25, 0.3) is 11.3 Å². The number of allylic oxidation sites excluding steroid dienone is 1. The van der Waals surface area contributed by atoms with Crippen LogP contribution in [0, 0.1) is 0 Å². The Bertz CT molecular complexity index is 961. The smallest absolute Gasteiger partial charge is 0.203 e. The van der Waals surface area contributed by atoms with E-state index >= 15 is 0 Å². The Balaban J connectivity index is 1.63. The van der Waals surface area contributed by atoms with E-state index < -0.39 is 0 Å². The molecular weight excluding hydrogens is 370 g/mol. The number of aromatic nitrogens is 1. The third-order valence-electron chi connectivity index (χ3n) is 3.87. The van der Waals surface area contributed by atoms with Crippen molar-refractivity contribution in [3.8, 4) is 22.8 Å². The minimum Gasteiger partial charge on any atom is -0.493 e. The van der Waals surface area contributed by atoms with Crippen molar-refractivity contribution in [1.82, 2.24) is 4.98 Å². The Morgan fingerprint density at radius 3 is 2.71 bits per heavy atom. The summed E-state index contributed by atoms with van der Waals surface area (Å²) >= 11 is 1.51. The number of hydrogen-bond acceptors (Lipinski definition) is 6. The van der Waals surface area contributed by atoms with Gasteiger partial charge in [0.05, 0.1) is 19.0 Å². The summed E-state index contributed by atoms with van der Waals surface area (Å²) in [6.45, 7) is 4.60. The molecule has 0 amide bonds. The van der Waals surface area contributed by atoms with Crippen molar-refractivity contribution in [2.45, 2.75) is 13.8 Å². The Kier molecular flexibility index (Phi) is 6.81. The minimum atomic E-state index is 0.515. The minimum absolute atomic E-state index is 0.515. The molecule has 1 N–H and O–H groups in total. The molecule has 6 heteroatoms. The van der Waals surface area contributed by atoms with E-state index in [1.807, 2.05) is 73.8 Å². The fraction of sp³-hybridized carbons (Fsp3) is 0.182. The predicted molar refractivity (Wildman–Crippen MR) is 117 cm³/mol. The summed E-state index contributed by atoms with van der Waals surface area (Å²) < 4.78 is 11.2. The number of hydrogen-bond donors (Lipinski definition) is 1. The largest absolute Gasteiger partial charge is 0.493 e. The van der Waals surface area contributed by atoms with Crippen LogP contribution in [0.5, 0.6) is 11.5 Å². The zero-order chi connectivity index (χ0) is 19.8. The second-order valence-corrected chi connectivity index (χ2v) is 7.13. The third-order valence-corrected chi connectivity index (χ3v) is 4.61. The Morgan fingerprint density at radius 1 is 1.14 bits per heavy atom. The molecule has 1 aromatic heterocycles. The van der Waals surface area contributed by atoms with Gasteiger partial charge in [-0.3, -0.25) is 5.43 Å². The molecule has 144 valence electrons. The van der Waals surface area contributed by atoms with Gasteiger partial charge in [-0.2, -0.15) is 5.10 Å². The number of anilines is 1. The van der Waals surface area contributed by atoms with Gasteiger partial charge in [0.2, 0.25) is 5.13 Å². The summed E-state index contributed by atoms with van der Waals surface area (Å²) in [5.74, 6) is 1.38. The molecule has 2 aromatic carbocycles. The topological polar surface area (TPSA) is 55.7 Å². The second-order valence-electron chi connectivity index (χ2n) is 6.28. The number of methoxy groups -OCH3 is 1. The molecule has 0 saturated carbocycles. The molecule has 0 aliphatic rings. The van der Waals surface area contributed by atoms with Crippen molar-refractivity contribution in [3.05, 3.63) is 71.1 Å². The molecule has 0 fully saturated rings. The highest BCUT2D eigenvalue weighted by Gasteiger charge is 2.05. The molecule has 1 heterocycles. The van der Waals surface area contributed by atoms with E-state index in [9.17, 15) is 0 Å². The van der Waals surface area contributed by atoms with Crippen LogP contribution in [0.1, 0.15) is 19.4 Å². The van der Waals surface area contributed by atoms with E-state index in [0.717, 1.165) is 22.0 Å². The SMILES string of the molecule is COc1cc(C=NNc2nc(-c3ccccc3)cs2)ccc1OCC=C(C)C. The quantitative estimate of drug-likeness (QED) is 0.307. The predicted octanol–water partition coefficient (Wildman–Crippen LogP) is 5.61. The summed E-state index contributed by atoms with van der Waals surface area (Å²) in [7, 11) is 1.63. The van der Waals surface area contributed by atoms with Crippen LogP contribution < -0.4 is 14.9 Å². The normalized spacial score (nSPS) is 10.7. The number of hydrazone groups is 1. The molecule has 0 atom stereocenters. The van der Waals surface area contributed by atoms with Crippen LogP contribution in [0.15, 0.2) is 70.7 Å². The summed E-state index contributed by atoms with van der Waals surface area (Å²) in [5.41, 5.74) is 7.12. The third kappa shape index (κ3) is 5.44. The molecule has 0 radical (unpaired) electrons. The fourth-order valence-corrected chi connectivity index (χ4v) is 3.08. The highest BCUT2D eigenvalue weighted by molar-refractivity contribution is 7.14. The van der Waals surface area contributed by atoms with Crippen molar-refractivity contribution in [2.24, 2.45) is 5.10 Å². The Hall–Kier alpha value is -3.12. The molecule has 0 aliphatic carbocycles. The van der Waals surface area contributed by atoms with Crippen molar-refractivity contribution in [3.63, 3.8) is 0 Å². The lowest BCUT2D eigenvalue weighted by Crippen LogP contribution is -1.98. The standard InChI is InChI=1S/C22H23N3O2S/c1-16(2)11-12-27-20-10-9-17(13-21(20)26-3)14-23-25-22-24-19(15-28-22)18-7-5-4-6-8-18/h4-11,13-15H,12H2,1-3H3,(H,24,25). The van der Waals surface area contributed by atoms with Crippen LogP contribution in [0.4, 0.5) is 5.13 Å². The monoisotopic (exact) mass is 393 g/mol. The van der Waals surface area contributed by atoms with Crippen LogP contribution in [-0.2, 0) is 0 Å². The van der Waals surface area contributed by atoms with Gasteiger partial charge in [-0.1, -0.05) is 35.9 Å². The molecule has 0 aliphatic heterocycles. The second kappa shape index (κ2) is 9.71. The van der Waals surface area contributed by atoms with Gasteiger partial charge in [0.15, 0.2) is 11.5 Å². The van der Waals surface area contributed by atoms with E-state index in [0.29, 0.717) is 18.1 Å². The maximum Gasteiger partial charge on any atom is 0.203 e. The van der Waals surface area contributed by atoms with Gasteiger partial charge in [0, 0.05) is 10.9 Å². The van der Waals surface area contributed by atoms with Crippen LogP contribution in [0.2, 0.25) is 0 Å². The number of rotatable bonds is 8. The van der Waals surface area contributed by atoms with Gasteiger partial charge >= 0.3 is 0 Å². The molecule has 0 unspecified atom stereocenters. The first kappa shape index (κ1) is 19.6. The lowest BCUT2D eigenvalue weighted by atomic mass is 10.2. The molecule has 28 heavy (non-hydrogen) atoms. The van der Waals surface area contributed by atoms with E-state index in [2.05, 4.69) is 15.5 Å². The molecule has 0 bridgehead atoms. The molecule has 0 spiro atoms. The number of nitrogens with zero attached hydrogens (tertiary/aromatic N) is 2. The highest BCUT2D eigenvalue weighted by atomic mass is 32.1. The van der Waals surface area contributed by atoms with Gasteiger partial charge < -0.3 is 9.47 Å². The fourth-order valence-electron chi connectivity index (χ4n) is 2.41. The molecule has 0 saturated heterocycles. The van der Waals surface area contributed by atoms with E-state index in [4.69, 9.17) is 9.47 Å². The van der Waals surface area contributed by atoms with Crippen LogP contribution in [-0.4, -0.2) is 24.9 Å². The van der Waals surface area contributed by atoms with E-state index in [1.165, 1.54) is 16.9 Å². The highest BCUT2D eigenvalue weighted by Crippen LogP contribution is 2.28. The number of ether oxygens (including phenoxy) is 2. The van der Waals surface area contributed by atoms with Crippen LogP contribution >= 0.6 is 11.3 Å². The number of nitrogens with one attached hydrogen (secondary N) is 1. The summed E-state index contributed by atoms with van der Waals surface area (Å²) in [4.78, 5) is 4.55. The number of thiazole rings is 1. The summed E-state index contributed by atoms with van der Waals surface area (Å²) in [6, 6.07) is 15.8. The van der Waals surface area contributed by atoms with Crippen molar-refractivity contribution < 1.29 is 9.47 Å². The zero-order valence-corrected chi connectivity index (χ0v) is 17.0. The molecule has 3 rings (SSSR count). The Labute approximate surface area is 169 Å². The van der Waals surface area contributed by atoms with Crippen molar-refractivity contribution in [1.29, 1.82) is 0 Å². The molecule has 3 aromatic rings. The molecule has 5 nitrogen and oxygen atoms in total. The van der Waals surface area contributed by atoms with Crippen LogP contribution in [0.3, 0.4) is 0 Å². The average Bonchev–Trinajstić information content (AvgIpc) is 3.18. The maximum absolute atomic E-state index is 5.74. The van der Waals surface area contributed by atoms with Gasteiger partial charge in [-0.05, 0) is 43.7 Å². The van der Waals surface area contributed by atoms with Crippen molar-refractivity contribution in [2.75, 3.05) is 19.1 Å². The maximum atomic E-state index is 5.74. The lowest BCUT2D eigenvalue weighted by Gasteiger charge is -2.10. The average molecular weight is 394 g/mol. The first-order valence-electron chi connectivity index (χ1n) is 8.90. The van der Waals surface area contributed by atoms with Gasteiger partial charge in [-0.25, -0.2) is 4.98 Å². The first-order chi connectivity index (χ1) is 13.7. The van der Waals surface area contributed by atoms with E-state index in [-0.39, 0.29) is 0 Å². The summed E-state index contributed by atoms with van der Waals surface area (Å²) in [6.07, 6.45) is 3.75. The Morgan fingerprint density at radius 2 is 1.96 bits per heavy atom. The lowest BCUT2D eigenvalue weighted by molar-refractivity contribution is 0.325. The molecular formula is C22H23N3O2S. The van der Waals surface area contributed by atoms with Gasteiger partial charge in [0.1, 0.15) is 6.61 Å².